The van der Waals surface area contributed by atoms with E-state index >= 15 is 0 Å². The lowest BCUT2D eigenvalue weighted by Gasteiger charge is -2.10. The number of hydrogen-bond acceptors (Lipinski definition) is 4. The molecule has 5 nitrogen and oxygen atoms in total. The van der Waals surface area contributed by atoms with Crippen molar-refractivity contribution in [1.29, 1.82) is 0 Å². The Labute approximate surface area is 99.0 Å². The lowest BCUT2D eigenvalue weighted by atomic mass is 10.0. The number of aliphatic carboxylic acids is 1. The van der Waals surface area contributed by atoms with Crippen LogP contribution in [-0.4, -0.2) is 37.4 Å². The van der Waals surface area contributed by atoms with Crippen LogP contribution in [0.1, 0.15) is 15.9 Å². The second-order valence-electron chi connectivity index (χ2n) is 3.46. The third-order valence-corrected chi connectivity index (χ3v) is 2.33. The van der Waals surface area contributed by atoms with Crippen molar-refractivity contribution in [2.75, 3.05) is 14.2 Å². The Bertz CT molecular complexity index is 413. The van der Waals surface area contributed by atoms with Gasteiger partial charge < -0.3 is 14.6 Å². The minimum Gasteiger partial charge on any atom is -0.479 e. The molecule has 0 heterocycles. The van der Waals surface area contributed by atoms with Gasteiger partial charge in [0.2, 0.25) is 0 Å². The van der Waals surface area contributed by atoms with Crippen LogP contribution in [0.3, 0.4) is 0 Å². The summed E-state index contributed by atoms with van der Waals surface area (Å²) in [5, 5.41) is 8.84. The molecule has 0 spiro atoms. The Morgan fingerprint density at radius 3 is 2.59 bits per heavy atom. The Morgan fingerprint density at radius 2 is 2.06 bits per heavy atom. The zero-order valence-corrected chi connectivity index (χ0v) is 9.67. The Balaban J connectivity index is 2.85. The standard InChI is InChI=1S/C12H14O5/c1-16-10(11(13)14)7-8-4-3-5-9(6-8)12(15)17-2/h3-6,10H,7H2,1-2H3,(H,13,14). The Hall–Kier alpha value is -1.88. The van der Waals surface area contributed by atoms with Gasteiger partial charge in [-0.05, 0) is 17.7 Å². The summed E-state index contributed by atoms with van der Waals surface area (Å²) in [6, 6.07) is 6.62. The molecule has 1 unspecified atom stereocenters. The van der Waals surface area contributed by atoms with E-state index in [1.807, 2.05) is 0 Å². The molecule has 0 aliphatic rings. The minimum atomic E-state index is -1.03. The third kappa shape index (κ3) is 3.57. The van der Waals surface area contributed by atoms with Gasteiger partial charge in [-0.3, -0.25) is 0 Å². The van der Waals surface area contributed by atoms with Crippen LogP contribution in [0.5, 0.6) is 0 Å². The molecule has 1 N–H and O–H groups in total. The Morgan fingerprint density at radius 1 is 1.35 bits per heavy atom. The number of carboxylic acid groups (broad SMARTS) is 1. The number of hydrogen-bond donors (Lipinski definition) is 1. The number of carboxylic acids is 1. The van der Waals surface area contributed by atoms with Gasteiger partial charge in [0.15, 0.2) is 6.10 Å². The van der Waals surface area contributed by atoms with Crippen molar-refractivity contribution in [3.8, 4) is 0 Å². The van der Waals surface area contributed by atoms with Gasteiger partial charge in [0.1, 0.15) is 0 Å². The van der Waals surface area contributed by atoms with Gasteiger partial charge in [0.05, 0.1) is 12.7 Å². The van der Waals surface area contributed by atoms with Crippen molar-refractivity contribution >= 4 is 11.9 Å². The molecule has 5 heteroatoms. The van der Waals surface area contributed by atoms with E-state index in [0.29, 0.717) is 11.1 Å². The second-order valence-corrected chi connectivity index (χ2v) is 3.46. The minimum absolute atomic E-state index is 0.205. The predicted octanol–water partition coefficient (Wildman–Crippen LogP) is 1.12. The number of ether oxygens (including phenoxy) is 2. The average molecular weight is 238 g/mol. The average Bonchev–Trinajstić information content (AvgIpc) is 2.34. The van der Waals surface area contributed by atoms with Crippen molar-refractivity contribution in [2.45, 2.75) is 12.5 Å². The maximum Gasteiger partial charge on any atom is 0.337 e. The predicted molar refractivity (Wildman–Crippen MR) is 59.9 cm³/mol. The molecule has 17 heavy (non-hydrogen) atoms. The molecule has 0 amide bonds. The van der Waals surface area contributed by atoms with Crippen molar-refractivity contribution in [2.24, 2.45) is 0 Å². The fraction of sp³-hybridized carbons (Fsp3) is 0.333. The number of benzene rings is 1. The van der Waals surface area contributed by atoms with Crippen LogP contribution >= 0.6 is 0 Å². The molecule has 1 aromatic rings. The summed E-state index contributed by atoms with van der Waals surface area (Å²) in [6.45, 7) is 0. The van der Waals surface area contributed by atoms with Crippen LogP contribution in [0.2, 0.25) is 0 Å². The van der Waals surface area contributed by atoms with Crippen LogP contribution in [0.25, 0.3) is 0 Å². The number of carbonyl (C=O) groups excluding carboxylic acids is 1. The molecule has 0 fully saturated rings. The van der Waals surface area contributed by atoms with Gasteiger partial charge >= 0.3 is 11.9 Å². The number of carbonyl (C=O) groups is 2. The second kappa shape index (κ2) is 6.00. The molecule has 1 atom stereocenters. The van der Waals surface area contributed by atoms with E-state index in [2.05, 4.69) is 4.74 Å². The molecule has 0 aliphatic carbocycles. The quantitative estimate of drug-likeness (QED) is 0.778. The van der Waals surface area contributed by atoms with E-state index < -0.39 is 18.0 Å². The monoisotopic (exact) mass is 238 g/mol. The van der Waals surface area contributed by atoms with Crippen LogP contribution in [0.15, 0.2) is 24.3 Å². The number of esters is 1. The summed E-state index contributed by atoms with van der Waals surface area (Å²) in [7, 11) is 2.63. The van der Waals surface area contributed by atoms with Crippen molar-refractivity contribution in [3.05, 3.63) is 35.4 Å². The summed E-state index contributed by atoms with van der Waals surface area (Å²) in [6.07, 6.45) is -0.709. The first-order valence-electron chi connectivity index (χ1n) is 5.01. The van der Waals surface area contributed by atoms with E-state index in [-0.39, 0.29) is 6.42 Å². The highest BCUT2D eigenvalue weighted by molar-refractivity contribution is 5.89. The van der Waals surface area contributed by atoms with Crippen LogP contribution < -0.4 is 0 Å². The molecular formula is C12H14O5. The first kappa shape index (κ1) is 13.2. The maximum atomic E-state index is 11.3. The molecule has 0 saturated heterocycles. The maximum absolute atomic E-state index is 11.3. The zero-order valence-electron chi connectivity index (χ0n) is 9.67. The van der Waals surface area contributed by atoms with Gasteiger partial charge in [0.25, 0.3) is 0 Å². The van der Waals surface area contributed by atoms with Crippen molar-refractivity contribution in [1.82, 2.24) is 0 Å². The van der Waals surface area contributed by atoms with Gasteiger partial charge in [-0.25, -0.2) is 9.59 Å². The summed E-state index contributed by atoms with van der Waals surface area (Å²) in [4.78, 5) is 22.1. The molecule has 1 rings (SSSR count). The van der Waals surface area contributed by atoms with E-state index in [9.17, 15) is 9.59 Å². The van der Waals surface area contributed by atoms with E-state index in [1.54, 1.807) is 24.3 Å². The largest absolute Gasteiger partial charge is 0.479 e. The van der Waals surface area contributed by atoms with Gasteiger partial charge in [-0.15, -0.1) is 0 Å². The topological polar surface area (TPSA) is 72.8 Å². The molecule has 0 radical (unpaired) electrons. The fourth-order valence-electron chi connectivity index (χ4n) is 1.43. The van der Waals surface area contributed by atoms with Crippen LogP contribution in [0, 0.1) is 0 Å². The molecule has 92 valence electrons. The Kier molecular flexibility index (Phi) is 4.66. The molecule has 0 aromatic heterocycles. The molecular weight excluding hydrogens is 224 g/mol. The highest BCUT2D eigenvalue weighted by atomic mass is 16.5. The van der Waals surface area contributed by atoms with Gasteiger partial charge in [0, 0.05) is 13.5 Å². The van der Waals surface area contributed by atoms with Gasteiger partial charge in [-0.2, -0.15) is 0 Å². The fourth-order valence-corrected chi connectivity index (χ4v) is 1.43. The SMILES string of the molecule is COC(=O)c1cccc(CC(OC)C(=O)O)c1. The third-order valence-electron chi connectivity index (χ3n) is 2.33. The highest BCUT2D eigenvalue weighted by Gasteiger charge is 2.17. The first-order valence-corrected chi connectivity index (χ1v) is 5.01. The number of rotatable bonds is 5. The molecule has 1 aromatic carbocycles. The lowest BCUT2D eigenvalue weighted by molar-refractivity contribution is -0.148. The van der Waals surface area contributed by atoms with Crippen LogP contribution in [0.4, 0.5) is 0 Å². The van der Waals surface area contributed by atoms with E-state index in [4.69, 9.17) is 9.84 Å². The zero-order chi connectivity index (χ0) is 12.8. The summed E-state index contributed by atoms with van der Waals surface area (Å²) >= 11 is 0. The van der Waals surface area contributed by atoms with Crippen molar-refractivity contribution < 1.29 is 24.2 Å². The summed E-state index contributed by atoms with van der Waals surface area (Å²) in [5.74, 6) is -1.48. The summed E-state index contributed by atoms with van der Waals surface area (Å²) < 4.78 is 9.41. The van der Waals surface area contributed by atoms with Gasteiger partial charge in [-0.1, -0.05) is 12.1 Å². The normalized spacial score (nSPS) is 11.9. The van der Waals surface area contributed by atoms with E-state index in [0.717, 1.165) is 0 Å². The highest BCUT2D eigenvalue weighted by Crippen LogP contribution is 2.10. The molecule has 0 aliphatic heterocycles. The van der Waals surface area contributed by atoms with E-state index in [1.165, 1.54) is 14.2 Å². The molecule has 0 saturated carbocycles. The number of methoxy groups -OCH3 is 2. The first-order chi connectivity index (χ1) is 8.08. The van der Waals surface area contributed by atoms with Crippen molar-refractivity contribution in [3.63, 3.8) is 0 Å². The lowest BCUT2D eigenvalue weighted by Crippen LogP contribution is -2.24. The smallest absolute Gasteiger partial charge is 0.337 e. The summed E-state index contributed by atoms with van der Waals surface area (Å²) in [5.41, 5.74) is 1.10. The molecule has 0 bridgehead atoms. The van der Waals surface area contributed by atoms with Crippen LogP contribution in [-0.2, 0) is 20.7 Å².